The summed E-state index contributed by atoms with van der Waals surface area (Å²) in [4.78, 5) is 14.3. The maximum absolute atomic E-state index is 11.6. The van der Waals surface area contributed by atoms with Gasteiger partial charge in [-0.1, -0.05) is 0 Å². The van der Waals surface area contributed by atoms with E-state index in [9.17, 15) is 18.5 Å². The summed E-state index contributed by atoms with van der Waals surface area (Å²) in [7, 11) is -3.37. The standard InChI is InChI=1S/C10H15N3O4S/c1-7-5-12-9(6-18(16,17)4-3-11)8(2)10(7)13(14)15/h5H,3-4,6,11H2,1-2H3. The fourth-order valence-corrected chi connectivity index (χ4v) is 2.86. The Bertz CT molecular complexity index is 569. The van der Waals surface area contributed by atoms with Gasteiger partial charge in [0.1, 0.15) is 0 Å². The van der Waals surface area contributed by atoms with Crippen molar-refractivity contribution in [2.24, 2.45) is 5.73 Å². The van der Waals surface area contributed by atoms with E-state index in [1.807, 2.05) is 0 Å². The first-order valence-electron chi connectivity index (χ1n) is 5.28. The fourth-order valence-electron chi connectivity index (χ4n) is 1.65. The molecule has 0 saturated carbocycles. The first-order valence-corrected chi connectivity index (χ1v) is 7.10. The van der Waals surface area contributed by atoms with Crippen LogP contribution in [-0.4, -0.2) is 30.6 Å². The smallest absolute Gasteiger partial charge is 0.278 e. The molecule has 1 aromatic heterocycles. The summed E-state index contributed by atoms with van der Waals surface area (Å²) in [5.74, 6) is -0.479. The number of aromatic nitrogens is 1. The average Bonchev–Trinajstić information content (AvgIpc) is 2.21. The maximum Gasteiger partial charge on any atom is 0.278 e. The summed E-state index contributed by atoms with van der Waals surface area (Å²) >= 11 is 0. The van der Waals surface area contributed by atoms with Gasteiger partial charge in [0, 0.05) is 23.9 Å². The second kappa shape index (κ2) is 5.40. The highest BCUT2D eigenvalue weighted by Gasteiger charge is 2.22. The quantitative estimate of drug-likeness (QED) is 0.616. The number of pyridine rings is 1. The SMILES string of the molecule is Cc1cnc(CS(=O)(=O)CCN)c(C)c1[N+](=O)[O-]. The van der Waals surface area contributed by atoms with E-state index >= 15 is 0 Å². The van der Waals surface area contributed by atoms with Crippen LogP contribution < -0.4 is 5.73 Å². The molecule has 8 heteroatoms. The number of nitrogens with two attached hydrogens (primary N) is 1. The van der Waals surface area contributed by atoms with Gasteiger partial charge in [0.2, 0.25) is 0 Å². The molecule has 0 atom stereocenters. The molecule has 0 aliphatic heterocycles. The first-order chi connectivity index (χ1) is 8.28. The van der Waals surface area contributed by atoms with E-state index in [2.05, 4.69) is 4.98 Å². The van der Waals surface area contributed by atoms with Crippen molar-refractivity contribution in [1.82, 2.24) is 4.98 Å². The molecule has 2 N–H and O–H groups in total. The van der Waals surface area contributed by atoms with Gasteiger partial charge >= 0.3 is 0 Å². The molecule has 0 aliphatic carbocycles. The molecule has 0 fully saturated rings. The summed E-state index contributed by atoms with van der Waals surface area (Å²) in [6, 6.07) is 0. The first kappa shape index (κ1) is 14.5. The van der Waals surface area contributed by atoms with E-state index in [-0.39, 0.29) is 29.4 Å². The van der Waals surface area contributed by atoms with Crippen molar-refractivity contribution in [3.8, 4) is 0 Å². The molecule has 1 aromatic rings. The Morgan fingerprint density at radius 3 is 2.56 bits per heavy atom. The fraction of sp³-hybridized carbons (Fsp3) is 0.500. The van der Waals surface area contributed by atoms with Crippen LogP contribution >= 0.6 is 0 Å². The lowest BCUT2D eigenvalue weighted by atomic mass is 10.1. The minimum Gasteiger partial charge on any atom is -0.329 e. The topological polar surface area (TPSA) is 116 Å². The number of aryl methyl sites for hydroxylation is 1. The van der Waals surface area contributed by atoms with Crippen molar-refractivity contribution >= 4 is 15.5 Å². The predicted octanol–water partition coefficient (Wildman–Crippen LogP) is 0.480. The third-order valence-electron chi connectivity index (χ3n) is 2.54. The molecule has 0 bridgehead atoms. The second-order valence-electron chi connectivity index (χ2n) is 4.00. The Hall–Kier alpha value is -1.54. The minimum atomic E-state index is -3.37. The summed E-state index contributed by atoms with van der Waals surface area (Å²) in [5.41, 5.74) is 6.04. The zero-order valence-corrected chi connectivity index (χ0v) is 11.0. The molecule has 1 heterocycles. The zero-order valence-electron chi connectivity index (χ0n) is 10.2. The zero-order chi connectivity index (χ0) is 13.9. The van der Waals surface area contributed by atoms with Crippen molar-refractivity contribution in [2.45, 2.75) is 19.6 Å². The van der Waals surface area contributed by atoms with Crippen LogP contribution in [0.3, 0.4) is 0 Å². The van der Waals surface area contributed by atoms with E-state index in [1.54, 1.807) is 6.92 Å². The summed E-state index contributed by atoms with van der Waals surface area (Å²) in [6.45, 7) is 3.09. The molecular formula is C10H15N3O4S. The van der Waals surface area contributed by atoms with Crippen LogP contribution in [0.5, 0.6) is 0 Å². The van der Waals surface area contributed by atoms with Gasteiger partial charge in [0.25, 0.3) is 5.69 Å². The van der Waals surface area contributed by atoms with Crippen LogP contribution in [0.1, 0.15) is 16.8 Å². The minimum absolute atomic E-state index is 0.0232. The van der Waals surface area contributed by atoms with Crippen LogP contribution in [0.4, 0.5) is 5.69 Å². The molecule has 0 aromatic carbocycles. The lowest BCUT2D eigenvalue weighted by molar-refractivity contribution is -0.386. The highest BCUT2D eigenvalue weighted by atomic mass is 32.2. The monoisotopic (exact) mass is 273 g/mol. The van der Waals surface area contributed by atoms with Gasteiger partial charge < -0.3 is 5.73 Å². The Kier molecular flexibility index (Phi) is 4.36. The van der Waals surface area contributed by atoms with Crippen LogP contribution in [-0.2, 0) is 15.6 Å². The van der Waals surface area contributed by atoms with Gasteiger partial charge in [0.05, 0.1) is 22.1 Å². The van der Waals surface area contributed by atoms with Crippen molar-refractivity contribution in [3.63, 3.8) is 0 Å². The van der Waals surface area contributed by atoms with E-state index in [1.165, 1.54) is 13.1 Å². The Labute approximate surface area is 105 Å². The molecule has 7 nitrogen and oxygen atoms in total. The van der Waals surface area contributed by atoms with Crippen LogP contribution in [0, 0.1) is 24.0 Å². The van der Waals surface area contributed by atoms with Gasteiger partial charge in [-0.2, -0.15) is 0 Å². The molecule has 0 spiro atoms. The molecule has 0 unspecified atom stereocenters. The Balaban J connectivity index is 3.21. The third-order valence-corrected chi connectivity index (χ3v) is 4.11. The molecular weight excluding hydrogens is 258 g/mol. The van der Waals surface area contributed by atoms with Gasteiger partial charge in [-0.05, 0) is 13.8 Å². The summed E-state index contributed by atoms with van der Waals surface area (Å²) in [5, 5.41) is 10.9. The van der Waals surface area contributed by atoms with E-state index < -0.39 is 14.8 Å². The number of sulfone groups is 1. The lowest BCUT2D eigenvalue weighted by Crippen LogP contribution is -2.18. The Morgan fingerprint density at radius 2 is 2.06 bits per heavy atom. The molecule has 0 amide bonds. The average molecular weight is 273 g/mol. The van der Waals surface area contributed by atoms with E-state index in [0.717, 1.165) is 0 Å². The van der Waals surface area contributed by atoms with Crippen molar-refractivity contribution in [2.75, 3.05) is 12.3 Å². The lowest BCUT2D eigenvalue weighted by Gasteiger charge is -2.07. The van der Waals surface area contributed by atoms with Gasteiger partial charge in [0.15, 0.2) is 9.84 Å². The number of hydrogen-bond acceptors (Lipinski definition) is 6. The highest BCUT2D eigenvalue weighted by Crippen LogP contribution is 2.25. The third kappa shape index (κ3) is 3.23. The number of nitro groups is 1. The van der Waals surface area contributed by atoms with Gasteiger partial charge in [-0.15, -0.1) is 0 Å². The second-order valence-corrected chi connectivity index (χ2v) is 6.18. The maximum atomic E-state index is 11.6. The number of nitrogens with zero attached hydrogens (tertiary/aromatic N) is 2. The molecule has 1 rings (SSSR count). The van der Waals surface area contributed by atoms with Gasteiger partial charge in [-0.25, -0.2) is 8.42 Å². The van der Waals surface area contributed by atoms with Crippen molar-refractivity contribution < 1.29 is 13.3 Å². The molecule has 0 saturated heterocycles. The van der Waals surface area contributed by atoms with Crippen LogP contribution in [0.25, 0.3) is 0 Å². The number of hydrogen-bond donors (Lipinski definition) is 1. The molecule has 0 radical (unpaired) electrons. The largest absolute Gasteiger partial charge is 0.329 e. The normalized spacial score (nSPS) is 11.5. The summed E-state index contributed by atoms with van der Waals surface area (Å²) in [6.07, 6.45) is 1.32. The summed E-state index contributed by atoms with van der Waals surface area (Å²) < 4.78 is 23.3. The van der Waals surface area contributed by atoms with Crippen molar-refractivity contribution in [1.29, 1.82) is 0 Å². The number of rotatable bonds is 5. The predicted molar refractivity (Wildman–Crippen MR) is 66.9 cm³/mol. The highest BCUT2D eigenvalue weighted by molar-refractivity contribution is 7.90. The van der Waals surface area contributed by atoms with Crippen LogP contribution in [0.15, 0.2) is 6.20 Å². The van der Waals surface area contributed by atoms with Gasteiger partial charge in [-0.3, -0.25) is 15.1 Å². The molecule has 0 aliphatic rings. The molecule has 18 heavy (non-hydrogen) atoms. The van der Waals surface area contributed by atoms with E-state index in [4.69, 9.17) is 5.73 Å². The Morgan fingerprint density at radius 1 is 1.44 bits per heavy atom. The van der Waals surface area contributed by atoms with Crippen LogP contribution in [0.2, 0.25) is 0 Å². The molecule has 100 valence electrons. The van der Waals surface area contributed by atoms with E-state index in [0.29, 0.717) is 11.1 Å². The van der Waals surface area contributed by atoms with Crippen molar-refractivity contribution in [3.05, 3.63) is 33.1 Å².